The molecule has 1 aromatic heterocycles. The highest BCUT2D eigenvalue weighted by atomic mass is 19.1. The second kappa shape index (κ2) is 9.22. The molecule has 2 heterocycles. The molecule has 1 aromatic carbocycles. The predicted octanol–water partition coefficient (Wildman–Crippen LogP) is 2.78. The van der Waals surface area contributed by atoms with Crippen LogP contribution in [0.5, 0.6) is 0 Å². The number of carbonyl (C=O) groups excluding carboxylic acids is 2. The predicted molar refractivity (Wildman–Crippen MR) is 122 cm³/mol. The van der Waals surface area contributed by atoms with Gasteiger partial charge in [-0.05, 0) is 25.3 Å². The number of benzene rings is 1. The van der Waals surface area contributed by atoms with Crippen LogP contribution in [-0.2, 0) is 21.4 Å². The van der Waals surface area contributed by atoms with Crippen LogP contribution in [0.15, 0.2) is 36.4 Å². The van der Waals surface area contributed by atoms with Crippen molar-refractivity contribution in [3.63, 3.8) is 0 Å². The van der Waals surface area contributed by atoms with Gasteiger partial charge in [0.05, 0.1) is 5.69 Å². The van der Waals surface area contributed by atoms with Crippen LogP contribution >= 0.6 is 0 Å². The molecule has 1 fully saturated rings. The molecule has 2 atom stereocenters. The van der Waals surface area contributed by atoms with Crippen LogP contribution in [-0.4, -0.2) is 59.7 Å². The molecule has 1 aliphatic heterocycles. The summed E-state index contributed by atoms with van der Waals surface area (Å²) in [5.74, 6) is -2.38. The smallest absolute Gasteiger partial charge is 0.281 e. The normalized spacial score (nSPS) is 20.4. The minimum Gasteiger partial charge on any atom is -0.363 e. The minimum atomic E-state index is -2.51. The number of amides is 2. The Morgan fingerprint density at radius 2 is 1.94 bits per heavy atom. The van der Waals surface area contributed by atoms with Gasteiger partial charge in [-0.1, -0.05) is 37.3 Å². The van der Waals surface area contributed by atoms with Gasteiger partial charge in [0.1, 0.15) is 11.6 Å². The lowest BCUT2D eigenvalue weighted by molar-refractivity contribution is -0.152. The van der Waals surface area contributed by atoms with Crippen LogP contribution in [0.4, 0.5) is 10.2 Å². The minimum absolute atomic E-state index is 0.225. The largest absolute Gasteiger partial charge is 0.363 e. The molecule has 7 nitrogen and oxygen atoms in total. The van der Waals surface area contributed by atoms with Gasteiger partial charge in [0.2, 0.25) is 5.91 Å². The molecule has 1 aliphatic rings. The summed E-state index contributed by atoms with van der Waals surface area (Å²) in [6.45, 7) is 5.85. The van der Waals surface area contributed by atoms with Crippen molar-refractivity contribution in [3.8, 4) is 0 Å². The first-order valence-electron chi connectivity index (χ1n) is 10.9. The van der Waals surface area contributed by atoms with E-state index in [-0.39, 0.29) is 6.42 Å². The molecule has 0 aliphatic carbocycles. The number of hydrogen-bond acceptors (Lipinski definition) is 5. The van der Waals surface area contributed by atoms with Crippen LogP contribution in [0, 0.1) is 6.92 Å². The molecule has 2 amide bonds. The molecule has 32 heavy (non-hydrogen) atoms. The zero-order valence-corrected chi connectivity index (χ0v) is 19.5. The average molecular weight is 442 g/mol. The molecule has 0 saturated carbocycles. The molecule has 2 aromatic rings. The summed E-state index contributed by atoms with van der Waals surface area (Å²) in [5, 5.41) is 2.27. The summed E-state index contributed by atoms with van der Waals surface area (Å²) < 4.78 is 16.0. The van der Waals surface area contributed by atoms with E-state index in [2.05, 4.69) is 15.3 Å². The number of alkyl halides is 1. The maximum absolute atomic E-state index is 16.0. The Balaban J connectivity index is 1.89. The summed E-state index contributed by atoms with van der Waals surface area (Å²) in [4.78, 5) is 37.7. The number of anilines is 1. The van der Waals surface area contributed by atoms with Crippen LogP contribution < -0.4 is 10.2 Å². The average Bonchev–Trinajstić information content (AvgIpc) is 2.73. The van der Waals surface area contributed by atoms with Gasteiger partial charge in [0, 0.05) is 52.0 Å². The Hall–Kier alpha value is -3.03. The Labute approximate surface area is 189 Å². The number of aryl methyl sites for hydroxylation is 1. The highest BCUT2D eigenvalue weighted by molar-refractivity contribution is 5.90. The van der Waals surface area contributed by atoms with Gasteiger partial charge >= 0.3 is 0 Å². The molecular weight excluding hydrogens is 409 g/mol. The first-order valence-corrected chi connectivity index (χ1v) is 10.9. The van der Waals surface area contributed by atoms with Crippen molar-refractivity contribution < 1.29 is 14.0 Å². The van der Waals surface area contributed by atoms with Crippen molar-refractivity contribution in [2.24, 2.45) is 0 Å². The molecule has 3 rings (SSSR count). The van der Waals surface area contributed by atoms with Gasteiger partial charge in [-0.15, -0.1) is 0 Å². The van der Waals surface area contributed by atoms with Gasteiger partial charge in [0.15, 0.2) is 0 Å². The summed E-state index contributed by atoms with van der Waals surface area (Å²) >= 11 is 0. The zero-order chi connectivity index (χ0) is 23.5. The highest BCUT2D eigenvalue weighted by Crippen LogP contribution is 2.35. The van der Waals surface area contributed by atoms with Crippen LogP contribution in [0.3, 0.4) is 0 Å². The van der Waals surface area contributed by atoms with Crippen molar-refractivity contribution in [2.75, 3.05) is 32.1 Å². The summed E-state index contributed by atoms with van der Waals surface area (Å²) in [6.07, 6.45) is 1.30. The van der Waals surface area contributed by atoms with E-state index in [0.29, 0.717) is 30.9 Å². The molecule has 0 radical (unpaired) electrons. The van der Waals surface area contributed by atoms with E-state index in [4.69, 9.17) is 0 Å². The second-order valence-corrected chi connectivity index (χ2v) is 9.09. The lowest BCUT2D eigenvalue weighted by Crippen LogP contribution is -2.60. The highest BCUT2D eigenvalue weighted by Gasteiger charge is 2.46. The number of likely N-dealkylation sites (tertiary alicyclic amines) is 1. The van der Waals surface area contributed by atoms with Crippen molar-refractivity contribution in [1.82, 2.24) is 20.2 Å². The maximum atomic E-state index is 16.0. The lowest BCUT2D eigenvalue weighted by Gasteiger charge is -2.42. The first-order chi connectivity index (χ1) is 15.0. The molecule has 0 bridgehead atoms. The van der Waals surface area contributed by atoms with Crippen molar-refractivity contribution in [2.45, 2.75) is 51.2 Å². The molecule has 1 saturated heterocycles. The van der Waals surface area contributed by atoms with Crippen molar-refractivity contribution in [3.05, 3.63) is 53.5 Å². The van der Waals surface area contributed by atoms with E-state index in [1.807, 2.05) is 45.0 Å². The number of nitrogens with one attached hydrogen (secondary N) is 1. The van der Waals surface area contributed by atoms with Crippen LogP contribution in [0.2, 0.25) is 0 Å². The number of halogens is 1. The molecule has 0 spiro atoms. The van der Waals surface area contributed by atoms with Crippen molar-refractivity contribution >= 4 is 17.6 Å². The third-order valence-electron chi connectivity index (χ3n) is 5.89. The Morgan fingerprint density at radius 3 is 2.56 bits per heavy atom. The molecule has 172 valence electrons. The summed E-state index contributed by atoms with van der Waals surface area (Å²) in [6, 6.07) is 10.8. The fourth-order valence-electron chi connectivity index (χ4n) is 4.29. The van der Waals surface area contributed by atoms with Gasteiger partial charge in [-0.25, -0.2) is 14.4 Å². The fourth-order valence-corrected chi connectivity index (χ4v) is 4.29. The number of piperidine rings is 1. The van der Waals surface area contributed by atoms with Gasteiger partial charge in [-0.3, -0.25) is 9.59 Å². The van der Waals surface area contributed by atoms with E-state index in [9.17, 15) is 9.59 Å². The lowest BCUT2D eigenvalue weighted by atomic mass is 9.78. The Morgan fingerprint density at radius 1 is 1.25 bits per heavy atom. The van der Waals surface area contributed by atoms with E-state index >= 15 is 4.39 Å². The fraction of sp³-hybridized carbons (Fsp3) is 0.500. The number of nitrogens with zero attached hydrogens (tertiary/aromatic N) is 4. The number of aromatic nitrogens is 2. The van der Waals surface area contributed by atoms with Gasteiger partial charge in [-0.2, -0.15) is 0 Å². The molecular formula is C24H32FN5O2. The number of rotatable bonds is 6. The summed E-state index contributed by atoms with van der Waals surface area (Å²) in [7, 11) is 3.83. The summed E-state index contributed by atoms with van der Waals surface area (Å²) in [5.41, 5.74) is 1.02. The monoisotopic (exact) mass is 441 g/mol. The van der Waals surface area contributed by atoms with E-state index in [1.165, 1.54) is 11.8 Å². The van der Waals surface area contributed by atoms with E-state index < -0.39 is 23.0 Å². The maximum Gasteiger partial charge on any atom is 0.281 e. The molecule has 1 N–H and O–H groups in total. The topological polar surface area (TPSA) is 78.4 Å². The quantitative estimate of drug-likeness (QED) is 0.698. The van der Waals surface area contributed by atoms with Gasteiger partial charge < -0.3 is 15.1 Å². The van der Waals surface area contributed by atoms with Crippen LogP contribution in [0.1, 0.15) is 43.8 Å². The van der Waals surface area contributed by atoms with E-state index in [1.54, 1.807) is 24.3 Å². The Bertz CT molecular complexity index is 984. The third-order valence-corrected chi connectivity index (χ3v) is 5.89. The zero-order valence-electron chi connectivity index (χ0n) is 19.5. The number of hydrogen-bond donors (Lipinski definition) is 1. The SMILES string of the molecule is CC(=O)N[C@](F)(Cc1ccccc1)C(=O)N1CCC[C@@](C)(c2cc(N(C)C)nc(C)n2)C1. The number of carbonyl (C=O) groups is 2. The van der Waals surface area contributed by atoms with Crippen LogP contribution in [0.25, 0.3) is 0 Å². The first kappa shape index (κ1) is 23.6. The third kappa shape index (κ3) is 5.23. The van der Waals surface area contributed by atoms with Gasteiger partial charge in [0.25, 0.3) is 11.7 Å². The molecule has 8 heteroatoms. The van der Waals surface area contributed by atoms with E-state index in [0.717, 1.165) is 17.9 Å². The Kier molecular flexibility index (Phi) is 6.81. The standard InChI is InChI=1S/C24H32FN5O2/c1-17-26-20(14-21(27-17)29(4)5)23(3)12-9-13-30(16-23)22(32)24(25,28-18(2)31)15-19-10-7-6-8-11-19/h6-8,10-11,14H,9,12-13,15-16H2,1-5H3,(H,28,31)/t23-,24-/m1/s1. The second-order valence-electron chi connectivity index (χ2n) is 9.09. The molecule has 0 unspecified atom stereocenters. The van der Waals surface area contributed by atoms with Crippen molar-refractivity contribution in [1.29, 1.82) is 0 Å².